The van der Waals surface area contributed by atoms with Crippen molar-refractivity contribution in [3.63, 3.8) is 0 Å². The molecule has 2 aromatic rings. The maximum absolute atomic E-state index is 12.3. The quantitative estimate of drug-likeness (QED) is 0.571. The Balaban J connectivity index is 2.42. The van der Waals surface area contributed by atoms with Crippen LogP contribution in [0.3, 0.4) is 0 Å². The minimum Gasteiger partial charge on any atom is -0.392 e. The van der Waals surface area contributed by atoms with Crippen LogP contribution in [0.4, 0.5) is 5.82 Å². The second-order valence-electron chi connectivity index (χ2n) is 4.76. The van der Waals surface area contributed by atoms with E-state index in [4.69, 9.17) is 5.84 Å². The molecule has 106 valence electrons. The van der Waals surface area contributed by atoms with Gasteiger partial charge in [-0.25, -0.2) is 10.8 Å². The number of rotatable bonds is 4. The maximum Gasteiger partial charge on any atom is 0.272 e. The van der Waals surface area contributed by atoms with Gasteiger partial charge in [0.25, 0.3) is 5.91 Å². The second kappa shape index (κ2) is 5.85. The Morgan fingerprint density at radius 3 is 2.85 bits per heavy atom. The van der Waals surface area contributed by atoms with Crippen LogP contribution in [-0.4, -0.2) is 40.6 Å². The third kappa shape index (κ3) is 2.87. The summed E-state index contributed by atoms with van der Waals surface area (Å²) in [6, 6.07) is 9.26. The lowest BCUT2D eigenvalue weighted by Gasteiger charge is -2.19. The van der Waals surface area contributed by atoms with E-state index in [9.17, 15) is 9.90 Å². The molecule has 0 aliphatic rings. The monoisotopic (exact) mass is 274 g/mol. The third-order valence-corrected chi connectivity index (χ3v) is 2.98. The molecular formula is C14H18N4O2. The number of nitrogens with one attached hydrogen (secondary N) is 1. The van der Waals surface area contributed by atoms with E-state index in [-0.39, 0.29) is 12.5 Å². The SMILES string of the molecule is CC(O)CN(C)C(=O)c1cc2ccccc2c(NN)n1. The second-order valence-corrected chi connectivity index (χ2v) is 4.76. The first kappa shape index (κ1) is 14.2. The van der Waals surface area contributed by atoms with E-state index >= 15 is 0 Å². The lowest BCUT2D eigenvalue weighted by atomic mass is 10.1. The van der Waals surface area contributed by atoms with Crippen LogP contribution in [0.2, 0.25) is 0 Å². The van der Waals surface area contributed by atoms with Crippen molar-refractivity contribution in [2.24, 2.45) is 5.84 Å². The Morgan fingerprint density at radius 1 is 1.50 bits per heavy atom. The van der Waals surface area contributed by atoms with E-state index < -0.39 is 6.10 Å². The van der Waals surface area contributed by atoms with Crippen molar-refractivity contribution in [1.82, 2.24) is 9.88 Å². The number of carbonyl (C=O) groups excluding carboxylic acids is 1. The number of carbonyl (C=O) groups is 1. The molecule has 0 saturated heterocycles. The summed E-state index contributed by atoms with van der Waals surface area (Å²) < 4.78 is 0. The number of hydrogen-bond acceptors (Lipinski definition) is 5. The van der Waals surface area contributed by atoms with Crippen LogP contribution in [0.1, 0.15) is 17.4 Å². The van der Waals surface area contributed by atoms with Gasteiger partial charge in [0.2, 0.25) is 0 Å². The number of amides is 1. The van der Waals surface area contributed by atoms with Crippen LogP contribution in [0.15, 0.2) is 30.3 Å². The highest BCUT2D eigenvalue weighted by molar-refractivity contribution is 6.00. The molecule has 0 aliphatic heterocycles. The molecule has 0 fully saturated rings. The van der Waals surface area contributed by atoms with Gasteiger partial charge >= 0.3 is 0 Å². The highest BCUT2D eigenvalue weighted by Gasteiger charge is 2.16. The topological polar surface area (TPSA) is 91.5 Å². The number of aromatic nitrogens is 1. The van der Waals surface area contributed by atoms with Crippen LogP contribution in [0, 0.1) is 0 Å². The van der Waals surface area contributed by atoms with Crippen LogP contribution in [-0.2, 0) is 0 Å². The van der Waals surface area contributed by atoms with Crippen LogP contribution in [0.25, 0.3) is 10.8 Å². The minimum atomic E-state index is -0.587. The van der Waals surface area contributed by atoms with Crippen molar-refractivity contribution in [3.05, 3.63) is 36.0 Å². The zero-order valence-corrected chi connectivity index (χ0v) is 11.5. The van der Waals surface area contributed by atoms with E-state index in [0.29, 0.717) is 11.5 Å². The summed E-state index contributed by atoms with van der Waals surface area (Å²) >= 11 is 0. The zero-order valence-electron chi connectivity index (χ0n) is 11.5. The Morgan fingerprint density at radius 2 is 2.20 bits per heavy atom. The number of nitrogens with two attached hydrogens (primary N) is 1. The Labute approximate surface area is 117 Å². The van der Waals surface area contributed by atoms with Crippen LogP contribution >= 0.6 is 0 Å². The number of pyridine rings is 1. The molecule has 0 spiro atoms. The van der Waals surface area contributed by atoms with Gasteiger partial charge in [0.1, 0.15) is 11.5 Å². The number of anilines is 1. The standard InChI is InChI=1S/C14H18N4O2/c1-9(19)8-18(2)14(20)12-7-10-5-3-4-6-11(10)13(16-12)17-15/h3-7,9,19H,8,15H2,1-2H3,(H,16,17). The molecule has 20 heavy (non-hydrogen) atoms. The van der Waals surface area contributed by atoms with E-state index in [0.717, 1.165) is 10.8 Å². The molecule has 1 atom stereocenters. The number of hydrogen-bond donors (Lipinski definition) is 3. The van der Waals surface area contributed by atoms with Gasteiger partial charge < -0.3 is 15.4 Å². The van der Waals surface area contributed by atoms with Crippen molar-refractivity contribution in [1.29, 1.82) is 0 Å². The Kier molecular flexibility index (Phi) is 4.16. The number of hydrazine groups is 1. The summed E-state index contributed by atoms with van der Waals surface area (Å²) in [6.45, 7) is 1.88. The average molecular weight is 274 g/mol. The molecular weight excluding hydrogens is 256 g/mol. The Hall–Kier alpha value is -2.18. The normalized spacial score (nSPS) is 12.2. The molecule has 1 unspecified atom stereocenters. The lowest BCUT2D eigenvalue weighted by molar-refractivity contribution is 0.0698. The summed E-state index contributed by atoms with van der Waals surface area (Å²) in [5.41, 5.74) is 2.81. The fraction of sp³-hybridized carbons (Fsp3) is 0.286. The molecule has 4 N–H and O–H groups in total. The number of nitrogen functional groups attached to an aromatic ring is 1. The van der Waals surface area contributed by atoms with Crippen LogP contribution < -0.4 is 11.3 Å². The van der Waals surface area contributed by atoms with Gasteiger partial charge in [-0.1, -0.05) is 24.3 Å². The minimum absolute atomic E-state index is 0.249. The predicted octanol–water partition coefficient (Wildman–Crippen LogP) is 0.973. The van der Waals surface area contributed by atoms with Crippen molar-refractivity contribution in [2.45, 2.75) is 13.0 Å². The summed E-state index contributed by atoms with van der Waals surface area (Å²) in [6.07, 6.45) is -0.587. The summed E-state index contributed by atoms with van der Waals surface area (Å²) in [7, 11) is 1.63. The number of likely N-dealkylation sites (N-methyl/N-ethyl adjacent to an activating group) is 1. The van der Waals surface area contributed by atoms with E-state index in [2.05, 4.69) is 10.4 Å². The molecule has 0 saturated carbocycles. The van der Waals surface area contributed by atoms with E-state index in [1.165, 1.54) is 4.90 Å². The van der Waals surface area contributed by atoms with E-state index in [1.54, 1.807) is 20.0 Å². The maximum atomic E-state index is 12.3. The fourth-order valence-corrected chi connectivity index (χ4v) is 2.09. The van der Waals surface area contributed by atoms with Gasteiger partial charge in [0.15, 0.2) is 0 Å². The third-order valence-electron chi connectivity index (χ3n) is 2.98. The molecule has 2 rings (SSSR count). The first-order valence-electron chi connectivity index (χ1n) is 6.33. The summed E-state index contributed by atoms with van der Waals surface area (Å²) in [5.74, 6) is 5.66. The highest BCUT2D eigenvalue weighted by Crippen LogP contribution is 2.22. The average Bonchev–Trinajstić information content (AvgIpc) is 2.44. The summed E-state index contributed by atoms with van der Waals surface area (Å²) in [4.78, 5) is 17.9. The molecule has 6 nitrogen and oxygen atoms in total. The number of fused-ring (bicyclic) bond motifs is 1. The van der Waals surface area contributed by atoms with Crippen molar-refractivity contribution in [3.8, 4) is 0 Å². The number of aliphatic hydroxyl groups excluding tert-OH is 1. The molecule has 0 aliphatic carbocycles. The van der Waals surface area contributed by atoms with Gasteiger partial charge in [0.05, 0.1) is 6.10 Å². The molecule has 0 bridgehead atoms. The van der Waals surface area contributed by atoms with Crippen LogP contribution in [0.5, 0.6) is 0 Å². The molecule has 1 aromatic heterocycles. The van der Waals surface area contributed by atoms with Gasteiger partial charge in [-0.3, -0.25) is 4.79 Å². The van der Waals surface area contributed by atoms with Crippen molar-refractivity contribution in [2.75, 3.05) is 19.0 Å². The largest absolute Gasteiger partial charge is 0.392 e. The number of aliphatic hydroxyl groups is 1. The van der Waals surface area contributed by atoms with Gasteiger partial charge in [0, 0.05) is 19.0 Å². The first-order valence-corrected chi connectivity index (χ1v) is 6.33. The highest BCUT2D eigenvalue weighted by atomic mass is 16.3. The van der Waals surface area contributed by atoms with E-state index in [1.807, 2.05) is 24.3 Å². The fourth-order valence-electron chi connectivity index (χ4n) is 2.09. The molecule has 1 aromatic carbocycles. The van der Waals surface area contributed by atoms with Gasteiger partial charge in [-0.15, -0.1) is 0 Å². The van der Waals surface area contributed by atoms with Gasteiger partial charge in [-0.2, -0.15) is 0 Å². The molecule has 1 heterocycles. The smallest absolute Gasteiger partial charge is 0.272 e. The molecule has 6 heteroatoms. The number of benzene rings is 1. The lowest BCUT2D eigenvalue weighted by Crippen LogP contribution is -2.33. The Bertz CT molecular complexity index is 628. The molecule has 1 amide bonds. The molecule has 0 radical (unpaired) electrons. The van der Waals surface area contributed by atoms with Crippen molar-refractivity contribution >= 4 is 22.5 Å². The predicted molar refractivity (Wildman–Crippen MR) is 78.2 cm³/mol. The zero-order chi connectivity index (χ0) is 14.7. The van der Waals surface area contributed by atoms with Crippen molar-refractivity contribution < 1.29 is 9.90 Å². The first-order chi connectivity index (χ1) is 9.52. The number of nitrogens with zero attached hydrogens (tertiary/aromatic N) is 2. The van der Waals surface area contributed by atoms with Gasteiger partial charge in [-0.05, 0) is 18.4 Å². The summed E-state index contributed by atoms with van der Waals surface area (Å²) in [5, 5.41) is 11.1.